The molecule has 0 aliphatic heterocycles. The number of H-pyrrole nitrogens is 1. The number of hydrogen-bond donors (Lipinski definition) is 1. The summed E-state index contributed by atoms with van der Waals surface area (Å²) < 4.78 is 30.3. The van der Waals surface area contributed by atoms with Crippen LogP contribution < -0.4 is 0 Å². The normalized spacial score (nSPS) is 11.3. The van der Waals surface area contributed by atoms with Crippen molar-refractivity contribution in [2.75, 3.05) is 0 Å². The molecule has 29 heavy (non-hydrogen) atoms. The maximum absolute atomic E-state index is 14.3. The minimum Gasteiger partial charge on any atom is -0.284 e. The SMILES string of the molecule is Cc1cnn(-c2ncnc3ccc(-c4c[nH]nc4-c4c(F)cccc4F)cc23)c1. The minimum atomic E-state index is -0.671. The van der Waals surface area contributed by atoms with Gasteiger partial charge in [-0.05, 0) is 42.3 Å². The first kappa shape index (κ1) is 17.2. The van der Waals surface area contributed by atoms with E-state index in [1.54, 1.807) is 17.1 Å². The lowest BCUT2D eigenvalue weighted by atomic mass is 9.99. The molecule has 0 saturated carbocycles. The van der Waals surface area contributed by atoms with Gasteiger partial charge in [0.2, 0.25) is 0 Å². The maximum Gasteiger partial charge on any atom is 0.164 e. The van der Waals surface area contributed by atoms with Gasteiger partial charge in [0.05, 0.1) is 17.3 Å². The van der Waals surface area contributed by atoms with Crippen LogP contribution in [0.2, 0.25) is 0 Å². The van der Waals surface area contributed by atoms with Crippen molar-refractivity contribution in [1.82, 2.24) is 29.9 Å². The number of hydrogen-bond acceptors (Lipinski definition) is 4. The average molecular weight is 388 g/mol. The van der Waals surface area contributed by atoms with Gasteiger partial charge in [0, 0.05) is 23.3 Å². The zero-order chi connectivity index (χ0) is 20.0. The zero-order valence-electron chi connectivity index (χ0n) is 15.3. The number of benzene rings is 2. The van der Waals surface area contributed by atoms with Crippen LogP contribution in [0.15, 0.2) is 61.3 Å². The topological polar surface area (TPSA) is 72.3 Å². The molecule has 8 heteroatoms. The first-order valence-corrected chi connectivity index (χ1v) is 8.87. The average Bonchev–Trinajstić information content (AvgIpc) is 3.36. The molecule has 0 atom stereocenters. The fourth-order valence-electron chi connectivity index (χ4n) is 3.35. The molecule has 0 aliphatic carbocycles. The van der Waals surface area contributed by atoms with Crippen LogP contribution in [0.25, 0.3) is 39.1 Å². The molecular weight excluding hydrogens is 374 g/mol. The van der Waals surface area contributed by atoms with Crippen molar-refractivity contribution in [3.8, 4) is 28.2 Å². The molecule has 142 valence electrons. The van der Waals surface area contributed by atoms with E-state index in [9.17, 15) is 8.78 Å². The van der Waals surface area contributed by atoms with E-state index in [0.717, 1.165) is 22.0 Å². The van der Waals surface area contributed by atoms with Crippen LogP contribution in [0.3, 0.4) is 0 Å². The van der Waals surface area contributed by atoms with Gasteiger partial charge in [-0.1, -0.05) is 12.1 Å². The molecule has 1 N–H and O–H groups in total. The summed E-state index contributed by atoms with van der Waals surface area (Å²) in [6, 6.07) is 9.29. The highest BCUT2D eigenvalue weighted by Crippen LogP contribution is 2.35. The second-order valence-electron chi connectivity index (χ2n) is 6.64. The smallest absolute Gasteiger partial charge is 0.164 e. The summed E-state index contributed by atoms with van der Waals surface area (Å²) in [5.74, 6) is -0.725. The first-order chi connectivity index (χ1) is 14.1. The quantitative estimate of drug-likeness (QED) is 0.495. The third kappa shape index (κ3) is 2.85. The number of aromatic nitrogens is 6. The fraction of sp³-hybridized carbons (Fsp3) is 0.0476. The molecule has 0 saturated heterocycles. The summed E-state index contributed by atoms with van der Waals surface area (Å²) in [6.07, 6.45) is 6.70. The molecule has 0 unspecified atom stereocenters. The third-order valence-corrected chi connectivity index (χ3v) is 4.69. The lowest BCUT2D eigenvalue weighted by Gasteiger charge is -2.09. The molecule has 6 nitrogen and oxygen atoms in total. The van der Waals surface area contributed by atoms with Crippen molar-refractivity contribution in [2.24, 2.45) is 0 Å². The lowest BCUT2D eigenvalue weighted by molar-refractivity contribution is 0.588. The van der Waals surface area contributed by atoms with E-state index in [0.29, 0.717) is 11.4 Å². The Morgan fingerprint density at radius 1 is 1.03 bits per heavy atom. The number of aryl methyl sites for hydroxylation is 1. The summed E-state index contributed by atoms with van der Waals surface area (Å²) in [7, 11) is 0. The highest BCUT2D eigenvalue weighted by atomic mass is 19.1. The summed E-state index contributed by atoms with van der Waals surface area (Å²) in [5, 5.41) is 11.9. The molecule has 3 aromatic heterocycles. The Labute approximate surface area is 163 Å². The molecule has 0 amide bonds. The van der Waals surface area contributed by atoms with E-state index in [-0.39, 0.29) is 11.3 Å². The van der Waals surface area contributed by atoms with Crippen molar-refractivity contribution in [2.45, 2.75) is 6.92 Å². The van der Waals surface area contributed by atoms with Gasteiger partial charge in [0.25, 0.3) is 0 Å². The van der Waals surface area contributed by atoms with Gasteiger partial charge >= 0.3 is 0 Å². The van der Waals surface area contributed by atoms with E-state index in [4.69, 9.17) is 0 Å². The van der Waals surface area contributed by atoms with Gasteiger partial charge in [-0.2, -0.15) is 10.2 Å². The standard InChI is InChI=1S/C21H14F2N6/c1-12-8-27-29(10-12)21-14-7-13(5-6-18(14)24-11-25-21)15-9-26-28-20(15)19-16(22)3-2-4-17(19)23/h2-11H,1H3,(H,26,28). The predicted octanol–water partition coefficient (Wildman–Crippen LogP) is 4.46. The second kappa shape index (κ2) is 6.59. The van der Waals surface area contributed by atoms with Crippen molar-refractivity contribution in [1.29, 1.82) is 0 Å². The number of fused-ring (bicyclic) bond motifs is 1. The molecule has 5 rings (SSSR count). The summed E-state index contributed by atoms with van der Waals surface area (Å²) in [4.78, 5) is 8.68. The van der Waals surface area contributed by atoms with Crippen LogP contribution in [0, 0.1) is 18.6 Å². The largest absolute Gasteiger partial charge is 0.284 e. The monoisotopic (exact) mass is 388 g/mol. The van der Waals surface area contributed by atoms with Crippen molar-refractivity contribution >= 4 is 10.9 Å². The Bertz CT molecular complexity index is 1330. The van der Waals surface area contributed by atoms with E-state index in [1.165, 1.54) is 24.5 Å². The number of halogens is 2. The number of rotatable bonds is 3. The van der Waals surface area contributed by atoms with Gasteiger partial charge < -0.3 is 0 Å². The van der Waals surface area contributed by atoms with E-state index < -0.39 is 11.6 Å². The molecule has 5 aromatic rings. The van der Waals surface area contributed by atoms with E-state index in [2.05, 4.69) is 25.3 Å². The molecule has 0 fully saturated rings. The summed E-state index contributed by atoms with van der Waals surface area (Å²) in [6.45, 7) is 1.94. The molecule has 3 heterocycles. The van der Waals surface area contributed by atoms with E-state index >= 15 is 0 Å². The lowest BCUT2D eigenvalue weighted by Crippen LogP contribution is -2.00. The number of nitrogens with zero attached hydrogens (tertiary/aromatic N) is 5. The fourth-order valence-corrected chi connectivity index (χ4v) is 3.35. The Hall–Kier alpha value is -3.94. The molecular formula is C21H14F2N6. The highest BCUT2D eigenvalue weighted by molar-refractivity contribution is 5.91. The van der Waals surface area contributed by atoms with Crippen LogP contribution in [0.1, 0.15) is 5.56 Å². The van der Waals surface area contributed by atoms with Crippen molar-refractivity contribution < 1.29 is 8.78 Å². The first-order valence-electron chi connectivity index (χ1n) is 8.87. The van der Waals surface area contributed by atoms with E-state index in [1.807, 2.05) is 31.3 Å². The third-order valence-electron chi connectivity index (χ3n) is 4.69. The van der Waals surface area contributed by atoms with Gasteiger partial charge in [0.1, 0.15) is 23.7 Å². The maximum atomic E-state index is 14.3. The minimum absolute atomic E-state index is 0.170. The molecule has 0 bridgehead atoms. The molecule has 0 spiro atoms. The number of nitrogens with one attached hydrogen (secondary N) is 1. The van der Waals surface area contributed by atoms with Crippen molar-refractivity contribution in [3.05, 3.63) is 78.5 Å². The van der Waals surface area contributed by atoms with Crippen LogP contribution >= 0.6 is 0 Å². The van der Waals surface area contributed by atoms with Crippen molar-refractivity contribution in [3.63, 3.8) is 0 Å². The Kier molecular flexibility index (Phi) is 3.90. The summed E-state index contributed by atoms with van der Waals surface area (Å²) in [5.41, 5.74) is 3.06. The Morgan fingerprint density at radius 2 is 1.86 bits per heavy atom. The highest BCUT2D eigenvalue weighted by Gasteiger charge is 2.19. The van der Waals surface area contributed by atoms with Crippen LogP contribution in [-0.2, 0) is 0 Å². The molecule has 0 radical (unpaired) electrons. The zero-order valence-corrected chi connectivity index (χ0v) is 15.3. The molecule has 0 aliphatic rings. The van der Waals surface area contributed by atoms with Gasteiger partial charge in [-0.15, -0.1) is 0 Å². The second-order valence-corrected chi connectivity index (χ2v) is 6.64. The number of aromatic amines is 1. The van der Waals surface area contributed by atoms with Gasteiger partial charge in [0.15, 0.2) is 5.82 Å². The Morgan fingerprint density at radius 3 is 2.62 bits per heavy atom. The van der Waals surface area contributed by atoms with Gasteiger partial charge in [-0.3, -0.25) is 5.10 Å². The summed E-state index contributed by atoms with van der Waals surface area (Å²) >= 11 is 0. The van der Waals surface area contributed by atoms with Crippen LogP contribution in [0.5, 0.6) is 0 Å². The van der Waals surface area contributed by atoms with Crippen LogP contribution in [-0.4, -0.2) is 29.9 Å². The molecule has 2 aromatic carbocycles. The van der Waals surface area contributed by atoms with Gasteiger partial charge in [-0.25, -0.2) is 23.4 Å². The van der Waals surface area contributed by atoms with Crippen LogP contribution in [0.4, 0.5) is 8.78 Å². The Balaban J connectivity index is 1.71. The predicted molar refractivity (Wildman–Crippen MR) is 104 cm³/mol.